The number of carbonyl (C=O) groups is 2. The van der Waals surface area contributed by atoms with E-state index in [1.165, 1.54) is 6.21 Å². The SMILES string of the molecule is CCOc1cc(C=NNC(=O)c2cc(C)[nH]n2)ccc1OC(=O)c1ccccc1I. The van der Waals surface area contributed by atoms with Crippen LogP contribution in [0.4, 0.5) is 0 Å². The number of aromatic nitrogens is 2. The number of hydrogen-bond acceptors (Lipinski definition) is 6. The summed E-state index contributed by atoms with van der Waals surface area (Å²) in [6, 6.07) is 13.8. The maximum atomic E-state index is 12.5. The number of nitrogens with one attached hydrogen (secondary N) is 2. The van der Waals surface area contributed by atoms with Gasteiger partial charge in [-0.3, -0.25) is 9.89 Å². The van der Waals surface area contributed by atoms with Gasteiger partial charge in [0.2, 0.25) is 0 Å². The molecule has 0 atom stereocenters. The maximum absolute atomic E-state index is 12.5. The topological polar surface area (TPSA) is 106 Å². The molecule has 0 aliphatic heterocycles. The average Bonchev–Trinajstić information content (AvgIpc) is 3.16. The number of aromatic amines is 1. The van der Waals surface area contributed by atoms with Gasteiger partial charge < -0.3 is 9.47 Å². The van der Waals surface area contributed by atoms with Crippen molar-refractivity contribution in [3.63, 3.8) is 0 Å². The van der Waals surface area contributed by atoms with Crippen molar-refractivity contribution < 1.29 is 19.1 Å². The molecule has 0 radical (unpaired) electrons. The number of esters is 1. The molecule has 0 aliphatic carbocycles. The molecule has 154 valence electrons. The summed E-state index contributed by atoms with van der Waals surface area (Å²) < 4.78 is 11.9. The van der Waals surface area contributed by atoms with Gasteiger partial charge in [-0.05, 0) is 78.4 Å². The Morgan fingerprint density at radius 3 is 2.70 bits per heavy atom. The number of ether oxygens (including phenoxy) is 2. The molecule has 2 aromatic carbocycles. The highest BCUT2D eigenvalue weighted by Gasteiger charge is 2.15. The van der Waals surface area contributed by atoms with Crippen LogP contribution in [-0.2, 0) is 0 Å². The first kappa shape index (κ1) is 21.5. The molecule has 3 rings (SSSR count). The van der Waals surface area contributed by atoms with E-state index in [-0.39, 0.29) is 5.69 Å². The van der Waals surface area contributed by atoms with Crippen LogP contribution in [0, 0.1) is 10.5 Å². The van der Waals surface area contributed by atoms with Crippen molar-refractivity contribution in [3.05, 3.63) is 74.6 Å². The molecule has 9 heteroatoms. The minimum absolute atomic E-state index is 0.248. The Bertz CT molecular complexity index is 1090. The number of nitrogens with zero attached hydrogens (tertiary/aromatic N) is 2. The normalized spacial score (nSPS) is 10.8. The molecule has 2 N–H and O–H groups in total. The zero-order valence-electron chi connectivity index (χ0n) is 16.3. The van der Waals surface area contributed by atoms with Crippen LogP contribution in [0.1, 0.15) is 39.0 Å². The molecule has 0 aliphatic rings. The second-order valence-electron chi connectivity index (χ2n) is 6.14. The van der Waals surface area contributed by atoms with E-state index in [4.69, 9.17) is 9.47 Å². The lowest BCUT2D eigenvalue weighted by molar-refractivity contribution is 0.0727. The van der Waals surface area contributed by atoms with Gasteiger partial charge in [-0.2, -0.15) is 10.2 Å². The summed E-state index contributed by atoms with van der Waals surface area (Å²) in [5, 5.41) is 10.5. The highest BCUT2D eigenvalue weighted by atomic mass is 127. The largest absolute Gasteiger partial charge is 0.490 e. The Morgan fingerprint density at radius 1 is 1.20 bits per heavy atom. The molecule has 3 aromatic rings. The first-order valence-electron chi connectivity index (χ1n) is 9.07. The van der Waals surface area contributed by atoms with Gasteiger partial charge in [-0.1, -0.05) is 12.1 Å². The van der Waals surface area contributed by atoms with Crippen LogP contribution in [-0.4, -0.2) is 34.9 Å². The Morgan fingerprint density at radius 2 is 2.00 bits per heavy atom. The molecule has 8 nitrogen and oxygen atoms in total. The summed E-state index contributed by atoms with van der Waals surface area (Å²) in [4.78, 5) is 24.5. The number of rotatable bonds is 7. The van der Waals surface area contributed by atoms with Crippen LogP contribution in [0.5, 0.6) is 11.5 Å². The van der Waals surface area contributed by atoms with E-state index < -0.39 is 11.9 Å². The molecule has 30 heavy (non-hydrogen) atoms. The molecule has 1 heterocycles. The van der Waals surface area contributed by atoms with Crippen LogP contribution in [0.25, 0.3) is 0 Å². The lowest BCUT2D eigenvalue weighted by atomic mass is 10.2. The quantitative estimate of drug-likeness (QED) is 0.163. The Hall–Kier alpha value is -3.21. The van der Waals surface area contributed by atoms with Crippen molar-refractivity contribution in [1.82, 2.24) is 15.6 Å². The third-order valence-electron chi connectivity index (χ3n) is 3.88. The first-order valence-corrected chi connectivity index (χ1v) is 10.1. The molecule has 0 saturated carbocycles. The van der Waals surface area contributed by atoms with Gasteiger partial charge >= 0.3 is 5.97 Å². The van der Waals surface area contributed by atoms with Crippen molar-refractivity contribution >= 4 is 40.7 Å². The Balaban J connectivity index is 1.72. The molecule has 1 amide bonds. The van der Waals surface area contributed by atoms with Gasteiger partial charge in [-0.15, -0.1) is 0 Å². The van der Waals surface area contributed by atoms with Gasteiger partial charge in [0, 0.05) is 9.26 Å². The van der Waals surface area contributed by atoms with Crippen LogP contribution in [0.15, 0.2) is 53.6 Å². The molecule has 0 saturated heterocycles. The summed E-state index contributed by atoms with van der Waals surface area (Å²) in [6.07, 6.45) is 1.46. The molecule has 0 spiro atoms. The molecule has 1 aromatic heterocycles. The minimum Gasteiger partial charge on any atom is -0.490 e. The minimum atomic E-state index is -0.469. The predicted octanol–water partition coefficient (Wildman–Crippen LogP) is 3.70. The van der Waals surface area contributed by atoms with Crippen molar-refractivity contribution in [2.45, 2.75) is 13.8 Å². The number of carbonyl (C=O) groups excluding carboxylic acids is 2. The third-order valence-corrected chi connectivity index (χ3v) is 4.82. The number of hydrogen-bond donors (Lipinski definition) is 2. The molecular formula is C21H19IN4O4. The lowest BCUT2D eigenvalue weighted by Crippen LogP contribution is -2.18. The van der Waals surface area contributed by atoms with E-state index >= 15 is 0 Å². The lowest BCUT2D eigenvalue weighted by Gasteiger charge is -2.12. The van der Waals surface area contributed by atoms with Crippen molar-refractivity contribution in [1.29, 1.82) is 0 Å². The highest BCUT2D eigenvalue weighted by Crippen LogP contribution is 2.29. The van der Waals surface area contributed by atoms with E-state index in [9.17, 15) is 9.59 Å². The second-order valence-corrected chi connectivity index (χ2v) is 7.31. The number of benzene rings is 2. The third kappa shape index (κ3) is 5.44. The number of H-pyrrole nitrogens is 1. The fourth-order valence-corrected chi connectivity index (χ4v) is 3.10. The number of amides is 1. The van der Waals surface area contributed by atoms with E-state index in [1.54, 1.807) is 43.3 Å². The van der Waals surface area contributed by atoms with Crippen molar-refractivity contribution in [2.75, 3.05) is 6.61 Å². The smallest absolute Gasteiger partial charge is 0.344 e. The average molecular weight is 518 g/mol. The van der Waals surface area contributed by atoms with Crippen molar-refractivity contribution in [2.24, 2.45) is 5.10 Å². The van der Waals surface area contributed by atoms with Crippen LogP contribution >= 0.6 is 22.6 Å². The van der Waals surface area contributed by atoms with E-state index in [2.05, 4.69) is 43.3 Å². The Kier molecular flexibility index (Phi) is 7.17. The fraction of sp³-hybridized carbons (Fsp3) is 0.143. The van der Waals surface area contributed by atoms with Gasteiger partial charge in [0.1, 0.15) is 0 Å². The standard InChI is InChI=1S/C21H19IN4O4/c1-3-29-19-11-14(12-23-26-20(27)17-10-13(2)24-25-17)8-9-18(19)30-21(28)15-6-4-5-7-16(15)22/h4-12H,3H2,1-2H3,(H,24,25)(H,26,27). The van der Waals surface area contributed by atoms with Gasteiger partial charge in [0.05, 0.1) is 18.4 Å². The zero-order valence-corrected chi connectivity index (χ0v) is 18.5. The first-order chi connectivity index (χ1) is 14.5. The number of aryl methyl sites for hydroxylation is 1. The molecule has 0 bridgehead atoms. The highest BCUT2D eigenvalue weighted by molar-refractivity contribution is 14.1. The number of hydrazone groups is 1. The summed E-state index contributed by atoms with van der Waals surface area (Å²) in [5.74, 6) is -0.197. The number of halogens is 1. The summed E-state index contributed by atoms with van der Waals surface area (Å²) >= 11 is 2.08. The van der Waals surface area contributed by atoms with E-state index in [0.717, 1.165) is 9.26 Å². The summed E-state index contributed by atoms with van der Waals surface area (Å²) in [5.41, 5.74) is 4.57. The van der Waals surface area contributed by atoms with Crippen LogP contribution in [0.3, 0.4) is 0 Å². The van der Waals surface area contributed by atoms with E-state index in [1.807, 2.05) is 19.1 Å². The maximum Gasteiger partial charge on any atom is 0.344 e. The van der Waals surface area contributed by atoms with Crippen molar-refractivity contribution in [3.8, 4) is 11.5 Å². The van der Waals surface area contributed by atoms with Gasteiger partial charge in [0.15, 0.2) is 17.2 Å². The van der Waals surface area contributed by atoms with Crippen LogP contribution < -0.4 is 14.9 Å². The summed E-state index contributed by atoms with van der Waals surface area (Å²) in [7, 11) is 0. The zero-order chi connectivity index (χ0) is 21.5. The summed E-state index contributed by atoms with van der Waals surface area (Å²) in [6.45, 7) is 4.03. The fourth-order valence-electron chi connectivity index (χ4n) is 2.50. The molecule has 0 fully saturated rings. The predicted molar refractivity (Wildman–Crippen MR) is 120 cm³/mol. The van der Waals surface area contributed by atoms with Gasteiger partial charge in [-0.25, -0.2) is 10.2 Å². The second kappa shape index (κ2) is 10.0. The molecular weight excluding hydrogens is 499 g/mol. The van der Waals surface area contributed by atoms with E-state index in [0.29, 0.717) is 29.2 Å². The Labute approximate surface area is 186 Å². The van der Waals surface area contributed by atoms with Gasteiger partial charge in [0.25, 0.3) is 5.91 Å². The molecule has 0 unspecified atom stereocenters. The van der Waals surface area contributed by atoms with Crippen LogP contribution in [0.2, 0.25) is 0 Å². The monoisotopic (exact) mass is 518 g/mol.